The van der Waals surface area contributed by atoms with Gasteiger partial charge < -0.3 is 4.57 Å². The Morgan fingerprint density at radius 2 is 2.23 bits per heavy atom. The van der Waals surface area contributed by atoms with Crippen LogP contribution in [-0.2, 0) is 13.0 Å². The van der Waals surface area contributed by atoms with Gasteiger partial charge in [-0.2, -0.15) is 5.26 Å². The Labute approximate surface area is 77.2 Å². The van der Waals surface area contributed by atoms with Crippen LogP contribution in [0.2, 0.25) is 0 Å². The van der Waals surface area contributed by atoms with Gasteiger partial charge >= 0.3 is 0 Å². The lowest BCUT2D eigenvalue weighted by Gasteiger charge is -2.07. The van der Waals surface area contributed by atoms with E-state index >= 15 is 0 Å². The van der Waals surface area contributed by atoms with Crippen molar-refractivity contribution in [2.45, 2.75) is 26.8 Å². The van der Waals surface area contributed by atoms with E-state index in [0.717, 1.165) is 5.69 Å². The quantitative estimate of drug-likeness (QED) is 0.680. The van der Waals surface area contributed by atoms with Gasteiger partial charge in [-0.15, -0.1) is 0 Å². The predicted molar refractivity (Wildman–Crippen MR) is 50.4 cm³/mol. The van der Waals surface area contributed by atoms with Crippen molar-refractivity contribution in [3.05, 3.63) is 33.7 Å². The molecular weight excluding hydrogens is 164 g/mol. The van der Waals surface area contributed by atoms with E-state index in [9.17, 15) is 4.79 Å². The van der Waals surface area contributed by atoms with Gasteiger partial charge in [-0.3, -0.25) is 4.79 Å². The molecule has 1 aromatic rings. The minimum atomic E-state index is -0.0379. The second-order valence-electron chi connectivity index (χ2n) is 2.88. The molecule has 0 bridgehead atoms. The van der Waals surface area contributed by atoms with Crippen LogP contribution in [0.5, 0.6) is 0 Å². The van der Waals surface area contributed by atoms with E-state index in [1.54, 1.807) is 10.6 Å². The maximum atomic E-state index is 11.6. The first-order valence-corrected chi connectivity index (χ1v) is 4.27. The van der Waals surface area contributed by atoms with Crippen LogP contribution in [0, 0.1) is 18.3 Å². The van der Waals surface area contributed by atoms with Gasteiger partial charge in [-0.05, 0) is 19.9 Å². The fraction of sp³-hybridized carbons (Fsp3) is 0.400. The highest BCUT2D eigenvalue weighted by atomic mass is 16.1. The third-order valence-electron chi connectivity index (χ3n) is 2.06. The molecule has 1 aromatic heterocycles. The number of nitriles is 1. The monoisotopic (exact) mass is 176 g/mol. The average molecular weight is 176 g/mol. The van der Waals surface area contributed by atoms with Gasteiger partial charge in [0, 0.05) is 17.8 Å². The summed E-state index contributed by atoms with van der Waals surface area (Å²) >= 11 is 0. The Morgan fingerprint density at radius 3 is 2.77 bits per heavy atom. The van der Waals surface area contributed by atoms with Crippen molar-refractivity contribution in [3.8, 4) is 6.07 Å². The van der Waals surface area contributed by atoms with E-state index < -0.39 is 0 Å². The average Bonchev–Trinajstić information content (AvgIpc) is 2.11. The predicted octanol–water partition coefficient (Wildman–Crippen LogP) is 1.24. The number of hydrogen-bond donors (Lipinski definition) is 0. The Balaban J connectivity index is 3.30. The zero-order valence-electron chi connectivity index (χ0n) is 7.87. The maximum Gasteiger partial charge on any atom is 0.254 e. The summed E-state index contributed by atoms with van der Waals surface area (Å²) in [5.41, 5.74) is 1.48. The van der Waals surface area contributed by atoms with Crippen LogP contribution in [0.3, 0.4) is 0 Å². The number of nitrogens with zero attached hydrogens (tertiary/aromatic N) is 2. The number of hydrogen-bond acceptors (Lipinski definition) is 2. The van der Waals surface area contributed by atoms with Crippen molar-refractivity contribution in [2.75, 3.05) is 0 Å². The Bertz CT molecular complexity index is 398. The smallest absolute Gasteiger partial charge is 0.254 e. The highest BCUT2D eigenvalue weighted by molar-refractivity contribution is 5.18. The fourth-order valence-electron chi connectivity index (χ4n) is 1.33. The van der Waals surface area contributed by atoms with E-state index in [0.29, 0.717) is 12.1 Å². The van der Waals surface area contributed by atoms with E-state index in [2.05, 4.69) is 0 Å². The molecule has 0 unspecified atom stereocenters. The Kier molecular flexibility index (Phi) is 2.86. The summed E-state index contributed by atoms with van der Waals surface area (Å²) in [5, 5.41) is 8.48. The summed E-state index contributed by atoms with van der Waals surface area (Å²) in [7, 11) is 0. The van der Waals surface area contributed by atoms with Gasteiger partial charge in [0.25, 0.3) is 5.56 Å². The second-order valence-corrected chi connectivity index (χ2v) is 2.88. The van der Waals surface area contributed by atoms with Gasteiger partial charge in [-0.1, -0.05) is 6.07 Å². The first-order valence-electron chi connectivity index (χ1n) is 4.27. The van der Waals surface area contributed by atoms with Crippen molar-refractivity contribution < 1.29 is 0 Å². The van der Waals surface area contributed by atoms with Crippen LogP contribution < -0.4 is 5.56 Å². The molecule has 3 nitrogen and oxygen atoms in total. The topological polar surface area (TPSA) is 45.8 Å². The highest BCUT2D eigenvalue weighted by Gasteiger charge is 2.03. The summed E-state index contributed by atoms with van der Waals surface area (Å²) in [6.45, 7) is 4.47. The number of rotatable bonds is 2. The third kappa shape index (κ3) is 1.78. The van der Waals surface area contributed by atoms with Gasteiger partial charge in [0.15, 0.2) is 0 Å². The van der Waals surface area contributed by atoms with Crippen molar-refractivity contribution >= 4 is 0 Å². The Hall–Kier alpha value is -1.56. The summed E-state index contributed by atoms with van der Waals surface area (Å²) in [4.78, 5) is 11.6. The summed E-state index contributed by atoms with van der Waals surface area (Å²) in [6.07, 6.45) is 0.194. The van der Waals surface area contributed by atoms with Crippen LogP contribution in [0.25, 0.3) is 0 Å². The molecule has 1 heterocycles. The molecule has 0 aliphatic rings. The van der Waals surface area contributed by atoms with Crippen LogP contribution in [0.15, 0.2) is 16.9 Å². The van der Waals surface area contributed by atoms with Gasteiger partial charge in [0.2, 0.25) is 0 Å². The molecule has 0 aliphatic carbocycles. The van der Waals surface area contributed by atoms with E-state index in [1.165, 1.54) is 0 Å². The van der Waals surface area contributed by atoms with Gasteiger partial charge in [-0.25, -0.2) is 0 Å². The summed E-state index contributed by atoms with van der Waals surface area (Å²) in [6, 6.07) is 5.58. The standard InChI is InChI=1S/C10H12N2O/c1-3-12-8(2)4-5-9(6-7-11)10(12)13/h4-5H,3,6H2,1-2H3. The SMILES string of the molecule is CCn1c(C)ccc(CC#N)c1=O. The molecular formula is C10H12N2O. The molecule has 0 aliphatic heterocycles. The minimum Gasteiger partial charge on any atom is -0.313 e. The first kappa shape index (κ1) is 9.53. The minimum absolute atomic E-state index is 0.0379. The molecule has 0 saturated heterocycles. The number of aromatic nitrogens is 1. The highest BCUT2D eigenvalue weighted by Crippen LogP contribution is 1.98. The Morgan fingerprint density at radius 1 is 1.54 bits per heavy atom. The second kappa shape index (κ2) is 3.90. The summed E-state index contributed by atoms with van der Waals surface area (Å²) < 4.78 is 1.67. The maximum absolute atomic E-state index is 11.6. The van der Waals surface area contributed by atoms with Crippen molar-refractivity contribution in [1.29, 1.82) is 5.26 Å². The lowest BCUT2D eigenvalue weighted by molar-refractivity contribution is 0.693. The molecule has 1 rings (SSSR count). The van der Waals surface area contributed by atoms with Crippen molar-refractivity contribution in [1.82, 2.24) is 4.57 Å². The third-order valence-corrected chi connectivity index (χ3v) is 2.06. The summed E-state index contributed by atoms with van der Waals surface area (Å²) in [5.74, 6) is 0. The molecule has 0 fully saturated rings. The zero-order chi connectivity index (χ0) is 9.84. The molecule has 13 heavy (non-hydrogen) atoms. The molecule has 68 valence electrons. The van der Waals surface area contributed by atoms with E-state index in [4.69, 9.17) is 5.26 Å². The van der Waals surface area contributed by atoms with Crippen molar-refractivity contribution in [2.24, 2.45) is 0 Å². The molecule has 0 atom stereocenters. The zero-order valence-corrected chi connectivity index (χ0v) is 7.87. The van der Waals surface area contributed by atoms with E-state index in [-0.39, 0.29) is 12.0 Å². The molecule has 0 saturated carbocycles. The molecule has 0 amide bonds. The van der Waals surface area contributed by atoms with Crippen molar-refractivity contribution in [3.63, 3.8) is 0 Å². The van der Waals surface area contributed by atoms with Crippen LogP contribution in [-0.4, -0.2) is 4.57 Å². The van der Waals surface area contributed by atoms with Crippen LogP contribution >= 0.6 is 0 Å². The first-order chi connectivity index (χ1) is 6.20. The number of pyridine rings is 1. The molecule has 0 aromatic carbocycles. The van der Waals surface area contributed by atoms with Crippen LogP contribution in [0.1, 0.15) is 18.2 Å². The molecule has 3 heteroatoms. The van der Waals surface area contributed by atoms with E-state index in [1.807, 2.05) is 26.0 Å². The lowest BCUT2D eigenvalue weighted by atomic mass is 10.2. The normalized spacial score (nSPS) is 9.62. The number of aryl methyl sites for hydroxylation is 1. The van der Waals surface area contributed by atoms with Gasteiger partial charge in [0.1, 0.15) is 0 Å². The molecule has 0 N–H and O–H groups in total. The largest absolute Gasteiger partial charge is 0.313 e. The van der Waals surface area contributed by atoms with Gasteiger partial charge in [0.05, 0.1) is 12.5 Å². The van der Waals surface area contributed by atoms with Crippen LogP contribution in [0.4, 0.5) is 0 Å². The lowest BCUT2D eigenvalue weighted by Crippen LogP contribution is -2.24. The fourth-order valence-corrected chi connectivity index (χ4v) is 1.33. The molecule has 0 radical (unpaired) electrons. The molecule has 0 spiro atoms.